The van der Waals surface area contributed by atoms with Crippen LogP contribution in [0.25, 0.3) is 0 Å². The lowest BCUT2D eigenvalue weighted by Gasteiger charge is -2.28. The fourth-order valence-corrected chi connectivity index (χ4v) is 3.57. The summed E-state index contributed by atoms with van der Waals surface area (Å²) in [6.07, 6.45) is 3.39. The van der Waals surface area contributed by atoms with E-state index in [9.17, 15) is 0 Å². The van der Waals surface area contributed by atoms with E-state index in [4.69, 9.17) is 25.8 Å². The molecule has 1 aromatic rings. The molecule has 3 nitrogen and oxygen atoms in total. The van der Waals surface area contributed by atoms with E-state index in [1.54, 1.807) is 0 Å². The van der Waals surface area contributed by atoms with Gasteiger partial charge in [-0.3, -0.25) is 0 Å². The summed E-state index contributed by atoms with van der Waals surface area (Å²) in [4.78, 5) is 0. The Morgan fingerprint density at radius 3 is 2.53 bits per heavy atom. The van der Waals surface area contributed by atoms with Crippen LogP contribution < -0.4 is 9.47 Å². The smallest absolute Gasteiger partial charge is 0.162 e. The van der Waals surface area contributed by atoms with Gasteiger partial charge in [-0.1, -0.05) is 15.9 Å². The molecule has 0 aromatic heterocycles. The molecule has 1 fully saturated rings. The number of hydrogen-bond acceptors (Lipinski definition) is 3. The zero-order valence-corrected chi connectivity index (χ0v) is 12.9. The van der Waals surface area contributed by atoms with E-state index in [0.717, 1.165) is 41.0 Å². The molecule has 5 heteroatoms. The van der Waals surface area contributed by atoms with Gasteiger partial charge >= 0.3 is 0 Å². The third-order valence-corrected chi connectivity index (χ3v) is 4.70. The first-order valence-corrected chi connectivity index (χ1v) is 7.83. The van der Waals surface area contributed by atoms with Crippen LogP contribution in [0.1, 0.15) is 30.2 Å². The molecule has 2 aliphatic rings. The standard InChI is InChI=1S/C14H16BrClO3/c15-10-8-13-12(18-5-6-19-13)7-9(10)14(16)11-3-1-2-4-17-11/h7-8,11,14H,1-6H2. The highest BCUT2D eigenvalue weighted by molar-refractivity contribution is 9.10. The van der Waals surface area contributed by atoms with Gasteiger partial charge in [0.15, 0.2) is 11.5 Å². The number of halogens is 2. The maximum Gasteiger partial charge on any atom is 0.162 e. The van der Waals surface area contributed by atoms with Crippen LogP contribution >= 0.6 is 27.5 Å². The Morgan fingerprint density at radius 2 is 1.84 bits per heavy atom. The van der Waals surface area contributed by atoms with Gasteiger partial charge in [0.25, 0.3) is 0 Å². The molecular formula is C14H16BrClO3. The number of benzene rings is 1. The Bertz CT molecular complexity index is 460. The van der Waals surface area contributed by atoms with Crippen molar-refractivity contribution in [2.24, 2.45) is 0 Å². The molecule has 1 saturated heterocycles. The summed E-state index contributed by atoms with van der Waals surface area (Å²) in [5.74, 6) is 1.54. The first-order valence-electron chi connectivity index (χ1n) is 6.60. The van der Waals surface area contributed by atoms with Crippen molar-refractivity contribution in [1.82, 2.24) is 0 Å². The van der Waals surface area contributed by atoms with Crippen molar-refractivity contribution in [3.8, 4) is 11.5 Å². The third kappa shape index (κ3) is 2.86. The zero-order chi connectivity index (χ0) is 13.2. The molecular weight excluding hydrogens is 332 g/mol. The Labute approximate surface area is 126 Å². The van der Waals surface area contributed by atoms with E-state index < -0.39 is 0 Å². The SMILES string of the molecule is ClC(c1cc2c(cc1Br)OCCO2)C1CCCCO1. The van der Waals surface area contributed by atoms with Crippen LogP contribution in [0, 0.1) is 0 Å². The fraction of sp³-hybridized carbons (Fsp3) is 0.571. The lowest BCUT2D eigenvalue weighted by atomic mass is 10.0. The second-order valence-corrected chi connectivity index (χ2v) is 6.15. The van der Waals surface area contributed by atoms with Gasteiger partial charge in [-0.2, -0.15) is 0 Å². The van der Waals surface area contributed by atoms with Crippen molar-refractivity contribution in [2.45, 2.75) is 30.7 Å². The quantitative estimate of drug-likeness (QED) is 0.755. The first kappa shape index (κ1) is 13.5. The monoisotopic (exact) mass is 346 g/mol. The Morgan fingerprint density at radius 1 is 1.11 bits per heavy atom. The van der Waals surface area contributed by atoms with Crippen LogP contribution in [0.3, 0.4) is 0 Å². The normalized spacial score (nSPS) is 24.0. The molecule has 104 valence electrons. The molecule has 2 aliphatic heterocycles. The van der Waals surface area contributed by atoms with E-state index in [-0.39, 0.29) is 11.5 Å². The summed E-state index contributed by atoms with van der Waals surface area (Å²) < 4.78 is 17.9. The predicted molar refractivity (Wildman–Crippen MR) is 77.3 cm³/mol. The van der Waals surface area contributed by atoms with Crippen molar-refractivity contribution in [1.29, 1.82) is 0 Å². The van der Waals surface area contributed by atoms with E-state index in [1.165, 1.54) is 6.42 Å². The molecule has 0 bridgehead atoms. The summed E-state index contributed by atoms with van der Waals surface area (Å²) in [6, 6.07) is 3.90. The van der Waals surface area contributed by atoms with Gasteiger partial charge in [-0.15, -0.1) is 11.6 Å². The zero-order valence-electron chi connectivity index (χ0n) is 10.5. The highest BCUT2D eigenvalue weighted by Gasteiger charge is 2.27. The summed E-state index contributed by atoms with van der Waals surface area (Å²) in [5, 5.41) is -0.162. The summed E-state index contributed by atoms with van der Waals surface area (Å²) in [5.41, 5.74) is 1.01. The maximum atomic E-state index is 6.58. The Balaban J connectivity index is 1.86. The van der Waals surface area contributed by atoms with E-state index >= 15 is 0 Å². The summed E-state index contributed by atoms with van der Waals surface area (Å²) in [6.45, 7) is 1.98. The minimum Gasteiger partial charge on any atom is -0.486 e. The molecule has 2 unspecified atom stereocenters. The van der Waals surface area contributed by atoms with Crippen molar-refractivity contribution >= 4 is 27.5 Å². The molecule has 0 spiro atoms. The van der Waals surface area contributed by atoms with Crippen LogP contribution in [-0.4, -0.2) is 25.9 Å². The number of hydrogen-bond donors (Lipinski definition) is 0. The van der Waals surface area contributed by atoms with Crippen molar-refractivity contribution in [2.75, 3.05) is 19.8 Å². The van der Waals surface area contributed by atoms with Gasteiger partial charge in [-0.25, -0.2) is 0 Å². The van der Waals surface area contributed by atoms with Crippen molar-refractivity contribution in [3.63, 3.8) is 0 Å². The van der Waals surface area contributed by atoms with Crippen LogP contribution in [0.5, 0.6) is 11.5 Å². The molecule has 3 rings (SSSR count). The lowest BCUT2D eigenvalue weighted by Crippen LogP contribution is -2.24. The van der Waals surface area contributed by atoms with E-state index in [2.05, 4.69) is 15.9 Å². The predicted octanol–water partition coefficient (Wildman–Crippen LogP) is 4.07. The molecule has 2 heterocycles. The van der Waals surface area contributed by atoms with Crippen molar-refractivity contribution in [3.05, 3.63) is 22.2 Å². The fourth-order valence-electron chi connectivity index (χ4n) is 2.49. The van der Waals surface area contributed by atoms with Gasteiger partial charge in [-0.05, 0) is 37.0 Å². The largest absolute Gasteiger partial charge is 0.486 e. The minimum atomic E-state index is -0.162. The average Bonchev–Trinajstić information content (AvgIpc) is 2.47. The van der Waals surface area contributed by atoms with E-state index in [0.29, 0.717) is 13.2 Å². The average molecular weight is 348 g/mol. The van der Waals surface area contributed by atoms with Gasteiger partial charge in [0, 0.05) is 11.1 Å². The van der Waals surface area contributed by atoms with E-state index in [1.807, 2.05) is 12.1 Å². The molecule has 19 heavy (non-hydrogen) atoms. The van der Waals surface area contributed by atoms with Crippen LogP contribution in [0.15, 0.2) is 16.6 Å². The van der Waals surface area contributed by atoms with Crippen LogP contribution in [-0.2, 0) is 4.74 Å². The Kier molecular flexibility index (Phi) is 4.20. The highest BCUT2D eigenvalue weighted by atomic mass is 79.9. The number of rotatable bonds is 2. The molecule has 0 radical (unpaired) electrons. The summed E-state index contributed by atoms with van der Waals surface area (Å²) in [7, 11) is 0. The van der Waals surface area contributed by atoms with Gasteiger partial charge in [0.05, 0.1) is 11.5 Å². The molecule has 0 aliphatic carbocycles. The van der Waals surface area contributed by atoms with Gasteiger partial charge in [0.1, 0.15) is 13.2 Å². The molecule has 0 N–H and O–H groups in total. The van der Waals surface area contributed by atoms with Gasteiger partial charge < -0.3 is 14.2 Å². The highest BCUT2D eigenvalue weighted by Crippen LogP contribution is 2.42. The molecule has 0 saturated carbocycles. The lowest BCUT2D eigenvalue weighted by molar-refractivity contribution is 0.0134. The molecule has 0 amide bonds. The number of ether oxygens (including phenoxy) is 3. The topological polar surface area (TPSA) is 27.7 Å². The molecule has 1 aromatic carbocycles. The van der Waals surface area contributed by atoms with Crippen LogP contribution in [0.2, 0.25) is 0 Å². The molecule has 2 atom stereocenters. The number of alkyl halides is 1. The minimum absolute atomic E-state index is 0.0780. The first-order chi connectivity index (χ1) is 9.25. The third-order valence-electron chi connectivity index (χ3n) is 3.50. The van der Waals surface area contributed by atoms with Crippen LogP contribution in [0.4, 0.5) is 0 Å². The van der Waals surface area contributed by atoms with Gasteiger partial charge in [0.2, 0.25) is 0 Å². The maximum absolute atomic E-state index is 6.58. The Hall–Kier alpha value is -0.450. The second-order valence-electron chi connectivity index (χ2n) is 4.82. The second kappa shape index (κ2) is 5.90. The number of fused-ring (bicyclic) bond motifs is 1. The summed E-state index contributed by atoms with van der Waals surface area (Å²) >= 11 is 10.1. The van der Waals surface area contributed by atoms with Crippen molar-refractivity contribution < 1.29 is 14.2 Å².